The molecule has 0 saturated carbocycles. The van der Waals surface area contributed by atoms with E-state index in [-0.39, 0.29) is 30.2 Å². The summed E-state index contributed by atoms with van der Waals surface area (Å²) in [6.45, 7) is 7.60. The van der Waals surface area contributed by atoms with Crippen LogP contribution in [0.2, 0.25) is 0 Å². The average molecular weight is 493 g/mol. The maximum absolute atomic E-state index is 12.7. The second kappa shape index (κ2) is 10.1. The van der Waals surface area contributed by atoms with Crippen molar-refractivity contribution in [3.05, 3.63) is 59.7 Å². The highest BCUT2D eigenvalue weighted by Gasteiger charge is 2.43. The fourth-order valence-electron chi connectivity index (χ4n) is 5.90. The topological polar surface area (TPSA) is 77.1 Å². The Morgan fingerprint density at radius 2 is 1.56 bits per heavy atom. The summed E-state index contributed by atoms with van der Waals surface area (Å²) in [5, 5.41) is 2.93. The Morgan fingerprint density at radius 3 is 2.14 bits per heavy atom. The molecule has 0 aromatic heterocycles. The van der Waals surface area contributed by atoms with Crippen LogP contribution in [-0.4, -0.2) is 61.1 Å². The van der Waals surface area contributed by atoms with Gasteiger partial charge in [0, 0.05) is 12.5 Å². The molecule has 5 rings (SSSR count). The van der Waals surface area contributed by atoms with Crippen molar-refractivity contribution in [1.82, 2.24) is 10.2 Å². The fourth-order valence-corrected chi connectivity index (χ4v) is 5.90. The predicted octanol–water partition coefficient (Wildman–Crippen LogP) is 5.33. The lowest BCUT2D eigenvalue weighted by atomic mass is 9.83. The third-order valence-corrected chi connectivity index (χ3v) is 7.39. The van der Waals surface area contributed by atoms with E-state index in [4.69, 9.17) is 14.2 Å². The Morgan fingerprint density at radius 1 is 0.972 bits per heavy atom. The third-order valence-electron chi connectivity index (χ3n) is 7.39. The first-order chi connectivity index (χ1) is 17.3. The molecule has 2 heterocycles. The highest BCUT2D eigenvalue weighted by molar-refractivity contribution is 5.79. The summed E-state index contributed by atoms with van der Waals surface area (Å²) in [6.07, 6.45) is 1.91. The lowest BCUT2D eigenvalue weighted by Gasteiger charge is -2.48. The van der Waals surface area contributed by atoms with Gasteiger partial charge in [-0.15, -0.1) is 0 Å². The number of hydrogen-bond acceptors (Lipinski definition) is 5. The third kappa shape index (κ3) is 5.21. The number of amides is 2. The number of morpholine rings is 1. The van der Waals surface area contributed by atoms with E-state index in [1.807, 2.05) is 49.9 Å². The normalized spacial score (nSPS) is 23.0. The molecule has 7 nitrogen and oxygen atoms in total. The number of hydrogen-bond donors (Lipinski definition) is 1. The molecule has 0 radical (unpaired) electrons. The SMILES string of the molecule is CC(C)(C)OC(=O)N1C2COCC1CC(CCNC(=O)OCC1c3ccccc3-c3ccccc31)C2. The van der Waals surface area contributed by atoms with Crippen LogP contribution in [0, 0.1) is 5.92 Å². The molecule has 1 aliphatic carbocycles. The summed E-state index contributed by atoms with van der Waals surface area (Å²) in [5.41, 5.74) is 4.33. The van der Waals surface area contributed by atoms with Gasteiger partial charge in [0.25, 0.3) is 0 Å². The number of fused-ring (bicyclic) bond motifs is 5. The monoisotopic (exact) mass is 492 g/mol. The largest absolute Gasteiger partial charge is 0.449 e. The van der Waals surface area contributed by atoms with E-state index in [9.17, 15) is 9.59 Å². The highest BCUT2D eigenvalue weighted by Crippen LogP contribution is 2.44. The Kier molecular flexibility index (Phi) is 6.93. The molecular weight excluding hydrogens is 456 g/mol. The van der Waals surface area contributed by atoms with Crippen molar-refractivity contribution in [3.8, 4) is 11.1 Å². The van der Waals surface area contributed by atoms with Crippen LogP contribution in [0.5, 0.6) is 0 Å². The molecule has 2 aromatic rings. The molecule has 2 aliphatic heterocycles. The Balaban J connectivity index is 1.10. The molecular formula is C29H36N2O5. The molecule has 2 atom stereocenters. The molecule has 2 bridgehead atoms. The van der Waals surface area contributed by atoms with Crippen LogP contribution in [0.3, 0.4) is 0 Å². The van der Waals surface area contributed by atoms with E-state index in [0.717, 1.165) is 19.3 Å². The lowest BCUT2D eigenvalue weighted by Crippen LogP contribution is -2.60. The van der Waals surface area contributed by atoms with Gasteiger partial charge < -0.3 is 19.5 Å². The minimum Gasteiger partial charge on any atom is -0.449 e. The summed E-state index contributed by atoms with van der Waals surface area (Å²) in [7, 11) is 0. The van der Waals surface area contributed by atoms with Crippen molar-refractivity contribution in [2.75, 3.05) is 26.4 Å². The minimum atomic E-state index is -0.518. The molecule has 192 valence electrons. The second-order valence-corrected chi connectivity index (χ2v) is 11.1. The first-order valence-electron chi connectivity index (χ1n) is 13.0. The number of benzene rings is 2. The number of carbonyl (C=O) groups is 2. The number of piperidine rings is 1. The first-order valence-corrected chi connectivity index (χ1v) is 13.0. The molecule has 0 spiro atoms. The molecule has 2 unspecified atom stereocenters. The van der Waals surface area contributed by atoms with Gasteiger partial charge in [-0.25, -0.2) is 9.59 Å². The van der Waals surface area contributed by atoms with Crippen LogP contribution in [-0.2, 0) is 14.2 Å². The number of alkyl carbamates (subject to hydrolysis) is 1. The maximum atomic E-state index is 12.7. The maximum Gasteiger partial charge on any atom is 0.410 e. The van der Waals surface area contributed by atoms with Crippen molar-refractivity contribution in [3.63, 3.8) is 0 Å². The number of nitrogens with one attached hydrogen (secondary N) is 1. The van der Waals surface area contributed by atoms with Gasteiger partial charge >= 0.3 is 12.2 Å². The van der Waals surface area contributed by atoms with E-state index in [1.54, 1.807) is 0 Å². The van der Waals surface area contributed by atoms with E-state index >= 15 is 0 Å². The van der Waals surface area contributed by atoms with Gasteiger partial charge in [-0.2, -0.15) is 0 Å². The van der Waals surface area contributed by atoms with Crippen LogP contribution in [0.4, 0.5) is 9.59 Å². The van der Waals surface area contributed by atoms with Crippen molar-refractivity contribution < 1.29 is 23.8 Å². The molecule has 1 N–H and O–H groups in total. The van der Waals surface area contributed by atoms with E-state index < -0.39 is 5.60 Å². The Hall–Kier alpha value is -3.06. The molecule has 2 aromatic carbocycles. The standard InChI is InChI=1S/C29H36N2O5/c1-29(2,3)36-28(33)31-20-14-19(15-21(31)17-34-16-20)12-13-30-27(32)35-18-26-24-10-6-4-8-22(24)23-9-5-7-11-25(23)26/h4-11,19-21,26H,12-18H2,1-3H3,(H,30,32). The molecule has 3 aliphatic rings. The van der Waals surface area contributed by atoms with E-state index in [1.165, 1.54) is 22.3 Å². The molecule has 2 saturated heterocycles. The summed E-state index contributed by atoms with van der Waals surface area (Å²) < 4.78 is 17.0. The lowest BCUT2D eigenvalue weighted by molar-refractivity contribution is -0.0901. The first kappa shape index (κ1) is 24.6. The second-order valence-electron chi connectivity index (χ2n) is 11.1. The smallest absolute Gasteiger partial charge is 0.410 e. The van der Waals surface area contributed by atoms with Crippen LogP contribution in [0.15, 0.2) is 48.5 Å². The van der Waals surface area contributed by atoms with Crippen molar-refractivity contribution >= 4 is 12.2 Å². The quantitative estimate of drug-likeness (QED) is 0.611. The Labute approximate surface area is 213 Å². The van der Waals surface area contributed by atoms with Crippen LogP contribution in [0.25, 0.3) is 11.1 Å². The highest BCUT2D eigenvalue weighted by atomic mass is 16.6. The summed E-state index contributed by atoms with van der Waals surface area (Å²) in [6, 6.07) is 16.7. The van der Waals surface area contributed by atoms with Crippen molar-refractivity contribution in [2.24, 2.45) is 5.92 Å². The molecule has 36 heavy (non-hydrogen) atoms. The van der Waals surface area contributed by atoms with Gasteiger partial charge in [-0.3, -0.25) is 4.90 Å². The zero-order valence-electron chi connectivity index (χ0n) is 21.4. The summed E-state index contributed by atoms with van der Waals surface area (Å²) in [4.78, 5) is 27.1. The van der Waals surface area contributed by atoms with E-state index in [0.29, 0.717) is 32.3 Å². The van der Waals surface area contributed by atoms with Crippen LogP contribution < -0.4 is 5.32 Å². The van der Waals surface area contributed by atoms with Crippen LogP contribution >= 0.6 is 0 Å². The van der Waals surface area contributed by atoms with Gasteiger partial charge in [0.15, 0.2) is 0 Å². The van der Waals surface area contributed by atoms with Gasteiger partial charge in [0.2, 0.25) is 0 Å². The fraction of sp³-hybridized carbons (Fsp3) is 0.517. The number of carbonyl (C=O) groups excluding carboxylic acids is 2. The predicted molar refractivity (Wildman–Crippen MR) is 137 cm³/mol. The van der Waals surface area contributed by atoms with Crippen molar-refractivity contribution in [1.29, 1.82) is 0 Å². The van der Waals surface area contributed by atoms with Gasteiger partial charge in [0.1, 0.15) is 12.2 Å². The number of rotatable bonds is 5. The Bertz CT molecular complexity index is 1050. The molecule has 7 heteroatoms. The summed E-state index contributed by atoms with van der Waals surface area (Å²) in [5.74, 6) is 0.469. The average Bonchev–Trinajstić information content (AvgIpc) is 3.15. The molecule has 2 amide bonds. The van der Waals surface area contributed by atoms with Gasteiger partial charge in [-0.1, -0.05) is 48.5 Å². The number of ether oxygens (including phenoxy) is 3. The zero-order chi connectivity index (χ0) is 25.3. The zero-order valence-corrected chi connectivity index (χ0v) is 21.4. The van der Waals surface area contributed by atoms with Crippen molar-refractivity contribution in [2.45, 2.75) is 63.6 Å². The van der Waals surface area contributed by atoms with Crippen LogP contribution in [0.1, 0.15) is 57.1 Å². The minimum absolute atomic E-state index is 0.0202. The molecule has 2 fully saturated rings. The summed E-state index contributed by atoms with van der Waals surface area (Å²) >= 11 is 0. The van der Waals surface area contributed by atoms with Gasteiger partial charge in [-0.05, 0) is 68.2 Å². The number of nitrogens with zero attached hydrogens (tertiary/aromatic N) is 1. The van der Waals surface area contributed by atoms with E-state index in [2.05, 4.69) is 29.6 Å². The van der Waals surface area contributed by atoms with Gasteiger partial charge in [0.05, 0.1) is 25.3 Å².